The standard InChI is InChI=1S/C16H21N3O2/c1-2-18(15-10-21-11-16(15)20)9-13-3-5-14(6-4-13)19-8-7-17-12-19/h3-8,12,15-16,20H,2,9-11H2,1H3/t15-,16-/m0/s1. The first-order valence-electron chi connectivity index (χ1n) is 7.35. The van der Waals surface area contributed by atoms with Crippen LogP contribution in [0.25, 0.3) is 5.69 Å². The van der Waals surface area contributed by atoms with Gasteiger partial charge in [-0.05, 0) is 24.2 Å². The van der Waals surface area contributed by atoms with Gasteiger partial charge in [0.15, 0.2) is 0 Å². The molecule has 21 heavy (non-hydrogen) atoms. The van der Waals surface area contributed by atoms with Crippen molar-refractivity contribution in [1.82, 2.24) is 14.5 Å². The van der Waals surface area contributed by atoms with E-state index in [4.69, 9.17) is 4.74 Å². The lowest BCUT2D eigenvalue weighted by Gasteiger charge is -2.28. The van der Waals surface area contributed by atoms with Gasteiger partial charge in [-0.25, -0.2) is 4.98 Å². The van der Waals surface area contributed by atoms with Gasteiger partial charge in [0, 0.05) is 24.6 Å². The lowest BCUT2D eigenvalue weighted by Crippen LogP contribution is -2.42. The van der Waals surface area contributed by atoms with Gasteiger partial charge in [-0.3, -0.25) is 4.90 Å². The van der Waals surface area contributed by atoms with Crippen molar-refractivity contribution in [2.45, 2.75) is 25.6 Å². The third kappa shape index (κ3) is 3.15. The van der Waals surface area contributed by atoms with Crippen LogP contribution in [0.5, 0.6) is 0 Å². The Kier molecular flexibility index (Phi) is 4.34. The summed E-state index contributed by atoms with van der Waals surface area (Å²) in [6, 6.07) is 8.53. The SMILES string of the molecule is CCN(Cc1ccc(-n2ccnc2)cc1)[C@H]1COC[C@@H]1O. The highest BCUT2D eigenvalue weighted by Gasteiger charge is 2.30. The van der Waals surface area contributed by atoms with E-state index in [1.54, 1.807) is 12.5 Å². The van der Waals surface area contributed by atoms with Crippen LogP contribution in [-0.4, -0.2) is 51.5 Å². The van der Waals surface area contributed by atoms with E-state index in [0.29, 0.717) is 13.2 Å². The topological polar surface area (TPSA) is 50.5 Å². The van der Waals surface area contributed by atoms with Gasteiger partial charge >= 0.3 is 0 Å². The molecular weight excluding hydrogens is 266 g/mol. The van der Waals surface area contributed by atoms with Gasteiger partial charge in [0.1, 0.15) is 0 Å². The summed E-state index contributed by atoms with van der Waals surface area (Å²) in [5.41, 5.74) is 2.34. The second-order valence-corrected chi connectivity index (χ2v) is 5.37. The van der Waals surface area contributed by atoms with Crippen LogP contribution in [0.1, 0.15) is 12.5 Å². The Morgan fingerprint density at radius 3 is 2.71 bits per heavy atom. The molecule has 0 aliphatic carbocycles. The second-order valence-electron chi connectivity index (χ2n) is 5.37. The third-order valence-electron chi connectivity index (χ3n) is 4.02. The van der Waals surface area contributed by atoms with Crippen LogP contribution in [-0.2, 0) is 11.3 Å². The van der Waals surface area contributed by atoms with E-state index in [0.717, 1.165) is 18.8 Å². The maximum atomic E-state index is 9.96. The molecule has 2 heterocycles. The molecule has 0 unspecified atom stereocenters. The van der Waals surface area contributed by atoms with Crippen LogP contribution in [0.3, 0.4) is 0 Å². The van der Waals surface area contributed by atoms with E-state index in [1.807, 2.05) is 10.8 Å². The van der Waals surface area contributed by atoms with Gasteiger partial charge in [-0.15, -0.1) is 0 Å². The van der Waals surface area contributed by atoms with Crippen LogP contribution in [0.2, 0.25) is 0 Å². The number of likely N-dealkylation sites (N-methyl/N-ethyl adjacent to an activating group) is 1. The zero-order valence-corrected chi connectivity index (χ0v) is 12.2. The van der Waals surface area contributed by atoms with Crippen molar-refractivity contribution < 1.29 is 9.84 Å². The van der Waals surface area contributed by atoms with E-state index in [1.165, 1.54) is 5.56 Å². The Morgan fingerprint density at radius 1 is 1.33 bits per heavy atom. The summed E-state index contributed by atoms with van der Waals surface area (Å²) < 4.78 is 7.34. The van der Waals surface area contributed by atoms with Crippen molar-refractivity contribution in [2.24, 2.45) is 0 Å². The second kappa shape index (κ2) is 6.39. The fourth-order valence-corrected chi connectivity index (χ4v) is 2.76. The summed E-state index contributed by atoms with van der Waals surface area (Å²) in [6.07, 6.45) is 5.11. The van der Waals surface area contributed by atoms with Crippen LogP contribution >= 0.6 is 0 Å². The predicted molar refractivity (Wildman–Crippen MR) is 80.3 cm³/mol. The van der Waals surface area contributed by atoms with E-state index in [9.17, 15) is 5.11 Å². The number of hydrogen-bond acceptors (Lipinski definition) is 4. The molecule has 0 radical (unpaired) electrons. The molecule has 1 saturated heterocycles. The fourth-order valence-electron chi connectivity index (χ4n) is 2.76. The van der Waals surface area contributed by atoms with Gasteiger partial charge in [0.2, 0.25) is 0 Å². The number of nitrogens with zero attached hydrogens (tertiary/aromatic N) is 3. The van der Waals surface area contributed by atoms with E-state index in [-0.39, 0.29) is 12.1 Å². The van der Waals surface area contributed by atoms with Crippen LogP contribution < -0.4 is 0 Å². The zero-order chi connectivity index (χ0) is 14.7. The molecule has 3 rings (SSSR count). The molecule has 1 aromatic heterocycles. The van der Waals surface area contributed by atoms with Gasteiger partial charge < -0.3 is 14.4 Å². The van der Waals surface area contributed by atoms with Crippen molar-refractivity contribution in [2.75, 3.05) is 19.8 Å². The molecule has 0 bridgehead atoms. The van der Waals surface area contributed by atoms with Crippen molar-refractivity contribution in [1.29, 1.82) is 0 Å². The summed E-state index contributed by atoms with van der Waals surface area (Å²) in [4.78, 5) is 6.32. The number of ether oxygens (including phenoxy) is 1. The van der Waals surface area contributed by atoms with Gasteiger partial charge in [-0.2, -0.15) is 0 Å². The zero-order valence-electron chi connectivity index (χ0n) is 12.2. The number of aromatic nitrogens is 2. The normalized spacial score (nSPS) is 22.0. The number of aliphatic hydroxyl groups excluding tert-OH is 1. The number of aliphatic hydroxyl groups is 1. The quantitative estimate of drug-likeness (QED) is 0.904. The molecule has 1 aliphatic rings. The van der Waals surface area contributed by atoms with E-state index < -0.39 is 0 Å². The average molecular weight is 287 g/mol. The molecule has 2 atom stereocenters. The van der Waals surface area contributed by atoms with Gasteiger partial charge in [0.05, 0.1) is 31.7 Å². The summed E-state index contributed by atoms with van der Waals surface area (Å²) in [7, 11) is 0. The Labute approximate surface area is 124 Å². The fraction of sp³-hybridized carbons (Fsp3) is 0.438. The number of benzene rings is 1. The molecule has 112 valence electrons. The lowest BCUT2D eigenvalue weighted by molar-refractivity contribution is 0.0808. The molecule has 1 fully saturated rings. The molecule has 0 saturated carbocycles. The molecule has 5 nitrogen and oxygen atoms in total. The van der Waals surface area contributed by atoms with Gasteiger partial charge in [-0.1, -0.05) is 19.1 Å². The Bertz CT molecular complexity index is 553. The molecular formula is C16H21N3O2. The van der Waals surface area contributed by atoms with Crippen molar-refractivity contribution in [3.63, 3.8) is 0 Å². The highest BCUT2D eigenvalue weighted by molar-refractivity contribution is 5.34. The van der Waals surface area contributed by atoms with Crippen LogP contribution in [0.15, 0.2) is 43.0 Å². The predicted octanol–water partition coefficient (Wildman–Crippen LogP) is 1.45. The first kappa shape index (κ1) is 14.3. The largest absolute Gasteiger partial charge is 0.389 e. The summed E-state index contributed by atoms with van der Waals surface area (Å²) in [6.45, 7) is 4.90. The smallest absolute Gasteiger partial charge is 0.0991 e. The minimum Gasteiger partial charge on any atom is -0.389 e. The van der Waals surface area contributed by atoms with Crippen molar-refractivity contribution in [3.05, 3.63) is 48.5 Å². The molecule has 2 aromatic rings. The average Bonchev–Trinajstić information content (AvgIpc) is 3.17. The highest BCUT2D eigenvalue weighted by atomic mass is 16.5. The molecule has 0 amide bonds. The minimum absolute atomic E-state index is 0.100. The summed E-state index contributed by atoms with van der Waals surface area (Å²) in [5, 5.41) is 9.96. The van der Waals surface area contributed by atoms with Crippen molar-refractivity contribution >= 4 is 0 Å². The molecule has 0 spiro atoms. The molecule has 1 aromatic carbocycles. The van der Waals surface area contributed by atoms with Crippen molar-refractivity contribution in [3.8, 4) is 5.69 Å². The molecule has 1 aliphatic heterocycles. The minimum atomic E-state index is -0.379. The van der Waals surface area contributed by atoms with Crippen LogP contribution in [0, 0.1) is 0 Å². The van der Waals surface area contributed by atoms with Gasteiger partial charge in [0.25, 0.3) is 0 Å². The maximum Gasteiger partial charge on any atom is 0.0991 e. The lowest BCUT2D eigenvalue weighted by atomic mass is 10.1. The number of rotatable bonds is 5. The van der Waals surface area contributed by atoms with E-state index >= 15 is 0 Å². The van der Waals surface area contributed by atoms with Crippen LogP contribution in [0.4, 0.5) is 0 Å². The van der Waals surface area contributed by atoms with E-state index in [2.05, 4.69) is 41.1 Å². The Hall–Kier alpha value is -1.69. The summed E-state index contributed by atoms with van der Waals surface area (Å²) in [5.74, 6) is 0. The maximum absolute atomic E-state index is 9.96. The third-order valence-corrected chi connectivity index (χ3v) is 4.02. The number of hydrogen-bond donors (Lipinski definition) is 1. The molecule has 5 heteroatoms. The molecule has 1 N–H and O–H groups in total. The first-order chi connectivity index (χ1) is 10.3. The Morgan fingerprint density at radius 2 is 2.14 bits per heavy atom. The Balaban J connectivity index is 1.69. The first-order valence-corrected chi connectivity index (χ1v) is 7.35. The number of imidazole rings is 1. The monoisotopic (exact) mass is 287 g/mol. The highest BCUT2D eigenvalue weighted by Crippen LogP contribution is 2.17. The summed E-state index contributed by atoms with van der Waals surface area (Å²) >= 11 is 0.